The summed E-state index contributed by atoms with van der Waals surface area (Å²) in [5.74, 6) is 2.97. The van der Waals surface area contributed by atoms with Crippen LogP contribution >= 0.6 is 0 Å². The summed E-state index contributed by atoms with van der Waals surface area (Å²) in [6, 6.07) is 0. The first-order valence-electron chi connectivity index (χ1n) is 6.73. The van der Waals surface area contributed by atoms with Crippen molar-refractivity contribution in [3.05, 3.63) is 11.4 Å². The summed E-state index contributed by atoms with van der Waals surface area (Å²) in [7, 11) is 1.56. The van der Waals surface area contributed by atoms with Crippen LogP contribution in [0.25, 0.3) is 0 Å². The van der Waals surface area contributed by atoms with Gasteiger partial charge in [0, 0.05) is 13.5 Å². The molecule has 0 heterocycles. The van der Waals surface area contributed by atoms with E-state index >= 15 is 0 Å². The van der Waals surface area contributed by atoms with Gasteiger partial charge in [-0.05, 0) is 25.2 Å². The number of allylic oxidation sites excluding steroid dienone is 2. The number of alkyl halides is 2. The van der Waals surface area contributed by atoms with E-state index in [-0.39, 0.29) is 12.1 Å². The molecule has 0 amide bonds. The summed E-state index contributed by atoms with van der Waals surface area (Å²) < 4.78 is 27.4. The van der Waals surface area contributed by atoms with Gasteiger partial charge < -0.3 is 10.7 Å². The molecule has 5 heteroatoms. The summed E-state index contributed by atoms with van der Waals surface area (Å²) in [5, 5.41) is 1.22. The quantitative estimate of drug-likeness (QED) is 0.594. The van der Waals surface area contributed by atoms with E-state index in [0.29, 0.717) is 24.5 Å². The van der Waals surface area contributed by atoms with Crippen molar-refractivity contribution in [2.75, 3.05) is 7.05 Å². The number of hydrogen-bond acceptors (Lipinski definition) is 3. The van der Waals surface area contributed by atoms with Crippen molar-refractivity contribution in [2.24, 2.45) is 17.5 Å². The van der Waals surface area contributed by atoms with Crippen molar-refractivity contribution in [1.82, 2.24) is 5.01 Å². The number of rotatable bonds is 2. The smallest absolute Gasteiger partial charge is 0.288 e. The molecule has 4 N–H and O–H groups in total. The fraction of sp³-hybridized carbons (Fsp3) is 0.846. The molecule has 108 valence electrons. The van der Waals surface area contributed by atoms with E-state index in [2.05, 4.69) is 0 Å². The van der Waals surface area contributed by atoms with Crippen LogP contribution in [0.2, 0.25) is 0 Å². The largest absolute Gasteiger partial charge is 0.396 e. The molecule has 0 spiro atoms. The van der Waals surface area contributed by atoms with Crippen molar-refractivity contribution in [3.63, 3.8) is 0 Å². The number of nitrogens with zero attached hydrogens (tertiary/aromatic N) is 1. The minimum Gasteiger partial charge on any atom is -0.396 e. The summed E-state index contributed by atoms with van der Waals surface area (Å²) in [5.41, 5.74) is 5.55. The van der Waals surface area contributed by atoms with Gasteiger partial charge >= 0.3 is 0 Å². The number of halogens is 2. The molecule has 0 saturated heterocycles. The lowest BCUT2D eigenvalue weighted by Crippen LogP contribution is -2.36. The Morgan fingerprint density at radius 3 is 2.33 bits per heavy atom. The van der Waals surface area contributed by atoms with Crippen LogP contribution < -0.4 is 11.6 Å². The molecule has 0 radical (unpaired) electrons. The third-order valence-electron chi connectivity index (χ3n) is 3.36. The zero-order valence-electron chi connectivity index (χ0n) is 12.0. The Bertz CT molecular complexity index is 275. The van der Waals surface area contributed by atoms with E-state index in [9.17, 15) is 8.78 Å². The SMILES string of the molecule is CC.CCC1CC/C(N(C)N)=C(/N)C(F)(F)CC1. The van der Waals surface area contributed by atoms with E-state index < -0.39 is 5.92 Å². The van der Waals surface area contributed by atoms with Gasteiger partial charge in [-0.2, -0.15) is 8.78 Å². The molecule has 3 nitrogen and oxygen atoms in total. The van der Waals surface area contributed by atoms with E-state index in [1.807, 2.05) is 20.8 Å². The maximum Gasteiger partial charge on any atom is 0.288 e. The van der Waals surface area contributed by atoms with Gasteiger partial charge in [0.05, 0.1) is 11.4 Å². The molecule has 0 aromatic heterocycles. The Morgan fingerprint density at radius 2 is 1.89 bits per heavy atom. The van der Waals surface area contributed by atoms with E-state index in [4.69, 9.17) is 11.6 Å². The molecule has 0 aromatic rings. The highest BCUT2D eigenvalue weighted by Gasteiger charge is 2.37. The Labute approximate surface area is 109 Å². The van der Waals surface area contributed by atoms with Crippen molar-refractivity contribution in [1.29, 1.82) is 0 Å². The summed E-state index contributed by atoms with van der Waals surface area (Å²) in [6.07, 6.45) is 2.70. The van der Waals surface area contributed by atoms with Crippen LogP contribution in [0, 0.1) is 5.92 Å². The maximum atomic E-state index is 13.7. The lowest BCUT2D eigenvalue weighted by molar-refractivity contribution is 0.0169. The second-order valence-electron chi connectivity index (χ2n) is 4.53. The third kappa shape index (κ3) is 4.44. The predicted molar refractivity (Wildman–Crippen MR) is 71.7 cm³/mol. The van der Waals surface area contributed by atoms with Gasteiger partial charge in [0.15, 0.2) is 0 Å². The molecule has 0 aromatic carbocycles. The zero-order chi connectivity index (χ0) is 14.3. The fourth-order valence-corrected chi connectivity index (χ4v) is 2.13. The average molecular weight is 263 g/mol. The highest BCUT2D eigenvalue weighted by Crippen LogP contribution is 2.36. The van der Waals surface area contributed by atoms with Crippen LogP contribution in [0.4, 0.5) is 8.78 Å². The highest BCUT2D eigenvalue weighted by atomic mass is 19.3. The maximum absolute atomic E-state index is 13.7. The van der Waals surface area contributed by atoms with Crippen LogP contribution in [0.15, 0.2) is 11.4 Å². The summed E-state index contributed by atoms with van der Waals surface area (Å²) in [6.45, 7) is 6.03. The number of nitrogens with two attached hydrogens (primary N) is 2. The van der Waals surface area contributed by atoms with Gasteiger partial charge in [-0.3, -0.25) is 0 Å². The molecule has 1 rings (SSSR count). The summed E-state index contributed by atoms with van der Waals surface area (Å²) in [4.78, 5) is 0. The molecule has 1 atom stereocenters. The minimum atomic E-state index is -2.92. The van der Waals surface area contributed by atoms with Crippen molar-refractivity contribution >= 4 is 0 Å². The molecule has 1 unspecified atom stereocenters. The predicted octanol–water partition coefficient (Wildman–Crippen LogP) is 3.22. The second-order valence-corrected chi connectivity index (χ2v) is 4.53. The van der Waals surface area contributed by atoms with Gasteiger partial charge in [0.1, 0.15) is 0 Å². The van der Waals surface area contributed by atoms with Crippen molar-refractivity contribution in [3.8, 4) is 0 Å². The van der Waals surface area contributed by atoms with Gasteiger partial charge in [-0.1, -0.05) is 27.2 Å². The van der Waals surface area contributed by atoms with E-state index in [1.54, 1.807) is 7.05 Å². The molecule has 0 saturated carbocycles. The lowest BCUT2D eigenvalue weighted by atomic mass is 9.88. The Hall–Kier alpha value is -0.840. The molecular formula is C13H27F2N3. The van der Waals surface area contributed by atoms with E-state index in [0.717, 1.165) is 12.8 Å². The molecule has 18 heavy (non-hydrogen) atoms. The van der Waals surface area contributed by atoms with Crippen LogP contribution in [-0.4, -0.2) is 18.0 Å². The molecule has 1 aliphatic rings. The van der Waals surface area contributed by atoms with Gasteiger partial charge in [-0.25, -0.2) is 5.84 Å². The van der Waals surface area contributed by atoms with Crippen LogP contribution in [-0.2, 0) is 0 Å². The van der Waals surface area contributed by atoms with E-state index in [1.165, 1.54) is 5.01 Å². The first-order chi connectivity index (χ1) is 8.38. The van der Waals surface area contributed by atoms with Crippen LogP contribution in [0.5, 0.6) is 0 Å². The van der Waals surface area contributed by atoms with Gasteiger partial charge in [-0.15, -0.1) is 0 Å². The Morgan fingerprint density at radius 1 is 1.33 bits per heavy atom. The lowest BCUT2D eigenvalue weighted by Gasteiger charge is -2.29. The zero-order valence-corrected chi connectivity index (χ0v) is 12.0. The monoisotopic (exact) mass is 263 g/mol. The summed E-state index contributed by atoms with van der Waals surface area (Å²) >= 11 is 0. The topological polar surface area (TPSA) is 55.3 Å². The normalized spacial score (nSPS) is 27.6. The highest BCUT2D eigenvalue weighted by molar-refractivity contribution is 5.17. The molecular weight excluding hydrogens is 236 g/mol. The molecule has 0 aliphatic heterocycles. The molecule has 0 bridgehead atoms. The van der Waals surface area contributed by atoms with Crippen LogP contribution in [0.1, 0.15) is 52.9 Å². The molecule has 0 fully saturated rings. The van der Waals surface area contributed by atoms with Crippen molar-refractivity contribution < 1.29 is 8.78 Å². The first kappa shape index (κ1) is 17.2. The minimum absolute atomic E-state index is 0.172. The molecule has 1 aliphatic carbocycles. The standard InChI is InChI=1S/C11H21F2N3.C2H6/c1-3-8-4-5-9(16(2)15)10(14)11(12,13)7-6-8;1-2/h8H,3-7,14-15H2,1-2H3;1-2H3/b10-9-;. The van der Waals surface area contributed by atoms with Gasteiger partial charge in [0.25, 0.3) is 5.92 Å². The van der Waals surface area contributed by atoms with Gasteiger partial charge in [0.2, 0.25) is 0 Å². The number of hydrogen-bond donors (Lipinski definition) is 2. The fourth-order valence-electron chi connectivity index (χ4n) is 2.13. The third-order valence-corrected chi connectivity index (χ3v) is 3.36. The second kappa shape index (κ2) is 7.56. The Kier molecular flexibility index (Phi) is 7.21. The van der Waals surface area contributed by atoms with Crippen molar-refractivity contribution in [2.45, 2.75) is 58.8 Å². The number of hydrazine groups is 1. The first-order valence-corrected chi connectivity index (χ1v) is 6.73. The van der Waals surface area contributed by atoms with Crippen LogP contribution in [0.3, 0.4) is 0 Å². The average Bonchev–Trinajstić information content (AvgIpc) is 2.33. The Balaban J connectivity index is 0.00000137.